The van der Waals surface area contributed by atoms with Crippen LogP contribution in [-0.4, -0.2) is 22.5 Å². The van der Waals surface area contributed by atoms with Crippen LogP contribution in [0, 0.1) is 0 Å². The highest BCUT2D eigenvalue weighted by Gasteiger charge is 2.55. The van der Waals surface area contributed by atoms with E-state index in [9.17, 15) is 18.0 Å². The minimum atomic E-state index is -4.75. The molecule has 19 heavy (non-hydrogen) atoms. The average Bonchev–Trinajstić information content (AvgIpc) is 2.36. The summed E-state index contributed by atoms with van der Waals surface area (Å²) in [5, 5.41) is 0. The van der Waals surface area contributed by atoms with E-state index >= 15 is 0 Å². The van der Waals surface area contributed by atoms with Gasteiger partial charge in [0.25, 0.3) is 0 Å². The first-order valence-electron chi connectivity index (χ1n) is 6.09. The molecule has 1 aliphatic carbocycles. The normalized spacial score (nSPS) is 22.5. The second kappa shape index (κ2) is 4.59. The third-order valence-corrected chi connectivity index (χ3v) is 3.61. The molecule has 6 heteroatoms. The van der Waals surface area contributed by atoms with Gasteiger partial charge in [0.15, 0.2) is 11.3 Å². The SMILES string of the molecule is CC(N)(C(=O)C1CCCc2cccnc21)C(F)(F)F. The molecule has 0 spiro atoms. The summed E-state index contributed by atoms with van der Waals surface area (Å²) in [4.78, 5) is 16.2. The van der Waals surface area contributed by atoms with Crippen molar-refractivity contribution in [3.05, 3.63) is 29.6 Å². The first-order valence-corrected chi connectivity index (χ1v) is 6.09. The van der Waals surface area contributed by atoms with Gasteiger partial charge < -0.3 is 5.73 Å². The van der Waals surface area contributed by atoms with Gasteiger partial charge in [-0.2, -0.15) is 13.2 Å². The van der Waals surface area contributed by atoms with Crippen molar-refractivity contribution in [3.63, 3.8) is 0 Å². The number of halogens is 3. The largest absolute Gasteiger partial charge is 0.413 e. The molecule has 0 saturated heterocycles. The van der Waals surface area contributed by atoms with Gasteiger partial charge >= 0.3 is 6.18 Å². The van der Waals surface area contributed by atoms with Crippen LogP contribution in [0.5, 0.6) is 0 Å². The number of carbonyl (C=O) groups excluding carboxylic acids is 1. The number of Topliss-reactive ketones (excluding diaryl/α,β-unsaturated/α-hetero) is 1. The molecule has 0 saturated carbocycles. The fourth-order valence-corrected chi connectivity index (χ4v) is 2.37. The zero-order valence-corrected chi connectivity index (χ0v) is 10.5. The molecule has 1 aliphatic rings. The van der Waals surface area contributed by atoms with E-state index in [1.165, 1.54) is 6.20 Å². The molecule has 3 nitrogen and oxygen atoms in total. The zero-order valence-electron chi connectivity index (χ0n) is 10.5. The van der Waals surface area contributed by atoms with Crippen LogP contribution in [0.25, 0.3) is 0 Å². The lowest BCUT2D eigenvalue weighted by Gasteiger charge is -2.32. The number of hydrogen-bond acceptors (Lipinski definition) is 3. The van der Waals surface area contributed by atoms with Crippen LogP contribution in [0.1, 0.15) is 36.9 Å². The van der Waals surface area contributed by atoms with Gasteiger partial charge in [0.1, 0.15) is 0 Å². The summed E-state index contributed by atoms with van der Waals surface area (Å²) in [5.74, 6) is -1.86. The Morgan fingerprint density at radius 3 is 2.79 bits per heavy atom. The number of alkyl halides is 3. The van der Waals surface area contributed by atoms with Crippen molar-refractivity contribution in [3.8, 4) is 0 Å². The summed E-state index contributed by atoms with van der Waals surface area (Å²) in [7, 11) is 0. The van der Waals surface area contributed by atoms with Crippen molar-refractivity contribution in [2.45, 2.75) is 43.8 Å². The van der Waals surface area contributed by atoms with Gasteiger partial charge in [-0.3, -0.25) is 9.78 Å². The van der Waals surface area contributed by atoms with Crippen molar-refractivity contribution >= 4 is 5.78 Å². The number of rotatable bonds is 2. The number of nitrogens with zero attached hydrogens (tertiary/aromatic N) is 1. The van der Waals surface area contributed by atoms with Gasteiger partial charge in [-0.1, -0.05) is 6.07 Å². The van der Waals surface area contributed by atoms with E-state index in [0.717, 1.165) is 18.9 Å². The Labute approximate surface area is 109 Å². The predicted molar refractivity (Wildman–Crippen MR) is 63.6 cm³/mol. The number of aryl methyl sites for hydroxylation is 1. The first kappa shape index (κ1) is 14.0. The molecule has 1 aromatic rings. The molecular formula is C13H15F3N2O. The molecule has 0 amide bonds. The Hall–Kier alpha value is -1.43. The van der Waals surface area contributed by atoms with Crippen molar-refractivity contribution in [1.29, 1.82) is 0 Å². The minimum Gasteiger partial charge on any atom is -0.312 e. The van der Waals surface area contributed by atoms with Crippen LogP contribution < -0.4 is 5.73 Å². The Balaban J connectivity index is 2.37. The van der Waals surface area contributed by atoms with Crippen LogP contribution in [-0.2, 0) is 11.2 Å². The minimum absolute atomic E-state index is 0.367. The molecule has 0 fully saturated rings. The molecule has 2 unspecified atom stereocenters. The van der Waals surface area contributed by atoms with E-state index in [1.54, 1.807) is 12.1 Å². The Morgan fingerprint density at radius 1 is 1.47 bits per heavy atom. The lowest BCUT2D eigenvalue weighted by molar-refractivity contribution is -0.187. The van der Waals surface area contributed by atoms with E-state index in [4.69, 9.17) is 5.73 Å². The standard InChI is InChI=1S/C13H15F3N2O/c1-12(17,13(14,15)16)11(19)9-6-2-4-8-5-3-7-18-10(8)9/h3,5,7,9H,2,4,6,17H2,1H3. The molecule has 1 aromatic heterocycles. The van der Waals surface area contributed by atoms with Crippen molar-refractivity contribution < 1.29 is 18.0 Å². The maximum absolute atomic E-state index is 12.8. The van der Waals surface area contributed by atoms with Crippen LogP contribution in [0.4, 0.5) is 13.2 Å². The summed E-state index contributed by atoms with van der Waals surface area (Å²) in [6, 6.07) is 3.51. The lowest BCUT2D eigenvalue weighted by atomic mass is 9.78. The maximum Gasteiger partial charge on any atom is 0.413 e. The predicted octanol–water partition coefficient (Wildman–Crippen LogP) is 2.35. The topological polar surface area (TPSA) is 56.0 Å². The molecule has 2 N–H and O–H groups in total. The molecule has 0 aromatic carbocycles. The molecular weight excluding hydrogens is 257 g/mol. The van der Waals surface area contributed by atoms with Crippen molar-refractivity contribution in [2.75, 3.05) is 0 Å². The smallest absolute Gasteiger partial charge is 0.312 e. The van der Waals surface area contributed by atoms with Gasteiger partial charge in [-0.15, -0.1) is 0 Å². The molecule has 1 heterocycles. The number of nitrogens with two attached hydrogens (primary N) is 1. The average molecular weight is 272 g/mol. The van der Waals surface area contributed by atoms with E-state index in [-0.39, 0.29) is 0 Å². The molecule has 0 radical (unpaired) electrons. The van der Waals surface area contributed by atoms with Crippen molar-refractivity contribution in [1.82, 2.24) is 4.98 Å². The van der Waals surface area contributed by atoms with Crippen LogP contribution in [0.15, 0.2) is 18.3 Å². The monoisotopic (exact) mass is 272 g/mol. The fourth-order valence-electron chi connectivity index (χ4n) is 2.37. The number of ketones is 1. The molecule has 0 aliphatic heterocycles. The number of aromatic nitrogens is 1. The summed E-state index contributed by atoms with van der Waals surface area (Å²) in [5.41, 5.74) is 3.68. The third-order valence-electron chi connectivity index (χ3n) is 3.61. The number of pyridine rings is 1. The van der Waals surface area contributed by atoms with E-state index in [1.807, 2.05) is 0 Å². The van der Waals surface area contributed by atoms with Crippen LogP contribution in [0.2, 0.25) is 0 Å². The van der Waals surface area contributed by atoms with Gasteiger partial charge in [-0.25, -0.2) is 0 Å². The van der Waals surface area contributed by atoms with Crippen LogP contribution in [0.3, 0.4) is 0 Å². The van der Waals surface area contributed by atoms with Gasteiger partial charge in [0.05, 0.1) is 11.6 Å². The highest BCUT2D eigenvalue weighted by Crippen LogP contribution is 2.38. The second-order valence-electron chi connectivity index (χ2n) is 5.06. The Morgan fingerprint density at radius 2 is 2.16 bits per heavy atom. The number of hydrogen-bond donors (Lipinski definition) is 1. The molecule has 2 rings (SSSR count). The zero-order chi connectivity index (χ0) is 14.3. The Bertz CT molecular complexity index is 497. The van der Waals surface area contributed by atoms with E-state index < -0.39 is 23.4 Å². The highest BCUT2D eigenvalue weighted by molar-refractivity contribution is 5.94. The fraction of sp³-hybridized carbons (Fsp3) is 0.538. The quantitative estimate of drug-likeness (QED) is 0.899. The van der Waals surface area contributed by atoms with E-state index in [0.29, 0.717) is 18.5 Å². The first-order chi connectivity index (χ1) is 8.75. The summed E-state index contributed by atoms with van der Waals surface area (Å²) in [6.45, 7) is 0.729. The van der Waals surface area contributed by atoms with Gasteiger partial charge in [0.2, 0.25) is 0 Å². The van der Waals surface area contributed by atoms with E-state index in [2.05, 4.69) is 4.98 Å². The van der Waals surface area contributed by atoms with Crippen LogP contribution >= 0.6 is 0 Å². The lowest BCUT2D eigenvalue weighted by Crippen LogP contribution is -2.58. The number of fused-ring (bicyclic) bond motifs is 1. The molecule has 104 valence electrons. The van der Waals surface area contributed by atoms with Gasteiger partial charge in [-0.05, 0) is 37.8 Å². The summed E-state index contributed by atoms with van der Waals surface area (Å²) < 4.78 is 38.5. The summed E-state index contributed by atoms with van der Waals surface area (Å²) in [6.07, 6.45) is -1.49. The maximum atomic E-state index is 12.8. The molecule has 0 bridgehead atoms. The van der Waals surface area contributed by atoms with Crippen molar-refractivity contribution in [2.24, 2.45) is 5.73 Å². The molecule has 2 atom stereocenters. The number of carbonyl (C=O) groups is 1. The Kier molecular flexibility index (Phi) is 3.38. The summed E-state index contributed by atoms with van der Waals surface area (Å²) >= 11 is 0. The highest BCUT2D eigenvalue weighted by atomic mass is 19.4. The third kappa shape index (κ3) is 2.36. The van der Waals surface area contributed by atoms with Gasteiger partial charge in [0, 0.05) is 6.20 Å². The second-order valence-corrected chi connectivity index (χ2v) is 5.06.